The van der Waals surface area contributed by atoms with Crippen LogP contribution in [-0.4, -0.2) is 35.8 Å². The van der Waals surface area contributed by atoms with Gasteiger partial charge in [-0.2, -0.15) is 0 Å². The van der Waals surface area contributed by atoms with E-state index in [9.17, 15) is 14.4 Å². The lowest BCUT2D eigenvalue weighted by atomic mass is 9.99. The van der Waals surface area contributed by atoms with Crippen LogP contribution in [0.15, 0.2) is 65.3 Å². The van der Waals surface area contributed by atoms with E-state index in [1.807, 2.05) is 49.4 Å². The van der Waals surface area contributed by atoms with Gasteiger partial charge in [-0.15, -0.1) is 0 Å². The van der Waals surface area contributed by atoms with E-state index in [1.54, 1.807) is 24.0 Å². The number of nitrogens with one attached hydrogen (secondary N) is 1. The molecule has 1 atom stereocenters. The molecular formula is C22H21N3O4. The molecule has 1 aliphatic rings. The van der Waals surface area contributed by atoms with E-state index >= 15 is 0 Å². The number of anilines is 1. The van der Waals surface area contributed by atoms with E-state index in [1.165, 1.54) is 6.26 Å². The number of nitrogens with zero attached hydrogens (tertiary/aromatic N) is 2. The molecule has 0 spiro atoms. The van der Waals surface area contributed by atoms with Crippen LogP contribution in [0.3, 0.4) is 0 Å². The summed E-state index contributed by atoms with van der Waals surface area (Å²) in [4.78, 5) is 41.0. The van der Waals surface area contributed by atoms with Gasteiger partial charge in [-0.25, -0.2) is 4.79 Å². The van der Waals surface area contributed by atoms with E-state index in [0.29, 0.717) is 12.3 Å². The van der Waals surface area contributed by atoms with Crippen molar-refractivity contribution in [1.82, 2.24) is 10.2 Å². The third-order valence-corrected chi connectivity index (χ3v) is 5.26. The number of hydrogen-bond donors (Lipinski definition) is 1. The van der Waals surface area contributed by atoms with Crippen LogP contribution in [0.1, 0.15) is 19.6 Å². The van der Waals surface area contributed by atoms with E-state index in [0.717, 1.165) is 21.4 Å². The van der Waals surface area contributed by atoms with Crippen LogP contribution in [-0.2, 0) is 15.1 Å². The molecule has 0 aliphatic carbocycles. The number of rotatable bonds is 5. The number of hydrogen-bond acceptors (Lipinski definition) is 4. The van der Waals surface area contributed by atoms with E-state index < -0.39 is 17.5 Å². The van der Waals surface area contributed by atoms with Gasteiger partial charge in [0.15, 0.2) is 5.54 Å². The second-order valence-electron chi connectivity index (χ2n) is 7.06. The summed E-state index contributed by atoms with van der Waals surface area (Å²) >= 11 is 0. The molecule has 3 aromatic rings. The molecule has 1 saturated heterocycles. The van der Waals surface area contributed by atoms with Crippen molar-refractivity contribution in [1.29, 1.82) is 0 Å². The van der Waals surface area contributed by atoms with Gasteiger partial charge in [0.2, 0.25) is 5.91 Å². The van der Waals surface area contributed by atoms with Gasteiger partial charge in [0.25, 0.3) is 5.91 Å². The maximum Gasteiger partial charge on any atom is 0.325 e. The number of carbonyl (C=O) groups excluding carboxylic acids is 3. The Morgan fingerprint density at radius 2 is 1.86 bits per heavy atom. The summed E-state index contributed by atoms with van der Waals surface area (Å²) in [5.41, 5.74) is -0.575. The highest BCUT2D eigenvalue weighted by molar-refractivity contribution is 6.11. The lowest BCUT2D eigenvalue weighted by Crippen LogP contribution is -2.44. The molecule has 1 N–H and O–H groups in total. The van der Waals surface area contributed by atoms with Gasteiger partial charge in [0, 0.05) is 11.9 Å². The summed E-state index contributed by atoms with van der Waals surface area (Å²) in [5.74, 6) is -0.525. The highest BCUT2D eigenvalue weighted by atomic mass is 16.3. The minimum atomic E-state index is -1.32. The van der Waals surface area contributed by atoms with Crippen LogP contribution in [0.25, 0.3) is 10.8 Å². The van der Waals surface area contributed by atoms with Crippen molar-refractivity contribution in [3.05, 3.63) is 66.6 Å². The minimum absolute atomic E-state index is 0.326. The molecule has 148 valence electrons. The number of urea groups is 1. The van der Waals surface area contributed by atoms with Gasteiger partial charge in [-0.3, -0.25) is 14.5 Å². The van der Waals surface area contributed by atoms with Crippen LogP contribution in [0.5, 0.6) is 0 Å². The molecule has 4 rings (SSSR count). The molecule has 1 fully saturated rings. The standard InChI is InChI=1S/C22H21N3O4/c1-3-24(17-11-6-9-15-8-4-5-10-16(15)17)19(26)14-25-20(27)22(2,23-21(25)28)18-12-7-13-29-18/h4-13H,3,14H2,1-2H3,(H,23,28). The molecule has 0 radical (unpaired) electrons. The first-order valence-electron chi connectivity index (χ1n) is 9.42. The fourth-order valence-corrected chi connectivity index (χ4v) is 3.72. The number of furan rings is 1. The third-order valence-electron chi connectivity index (χ3n) is 5.26. The van der Waals surface area contributed by atoms with Crippen LogP contribution in [0.4, 0.5) is 10.5 Å². The molecule has 1 unspecified atom stereocenters. The van der Waals surface area contributed by atoms with Gasteiger partial charge >= 0.3 is 6.03 Å². The summed E-state index contributed by atoms with van der Waals surface area (Å²) in [6.07, 6.45) is 1.44. The Hall–Kier alpha value is -3.61. The van der Waals surface area contributed by atoms with Gasteiger partial charge in [-0.1, -0.05) is 36.4 Å². The Labute approximate surface area is 167 Å². The average Bonchev–Trinajstić information content (AvgIpc) is 3.33. The maximum atomic E-state index is 13.1. The van der Waals surface area contributed by atoms with Gasteiger partial charge in [-0.05, 0) is 37.4 Å². The molecule has 1 aromatic heterocycles. The molecule has 1 aliphatic heterocycles. The number of fused-ring (bicyclic) bond motifs is 1. The van der Waals surface area contributed by atoms with Crippen molar-refractivity contribution in [3.63, 3.8) is 0 Å². The minimum Gasteiger partial charge on any atom is -0.466 e. The molecule has 2 heterocycles. The van der Waals surface area contributed by atoms with Gasteiger partial charge < -0.3 is 14.6 Å². The first-order chi connectivity index (χ1) is 14.0. The lowest BCUT2D eigenvalue weighted by Gasteiger charge is -2.25. The quantitative estimate of drug-likeness (QED) is 0.677. The highest BCUT2D eigenvalue weighted by Gasteiger charge is 2.51. The predicted molar refractivity (Wildman–Crippen MR) is 108 cm³/mol. The molecule has 4 amide bonds. The zero-order valence-electron chi connectivity index (χ0n) is 16.2. The highest BCUT2D eigenvalue weighted by Crippen LogP contribution is 2.30. The first-order valence-corrected chi connectivity index (χ1v) is 9.42. The number of carbonyl (C=O) groups is 3. The monoisotopic (exact) mass is 391 g/mol. The van der Waals surface area contributed by atoms with Gasteiger partial charge in [0.05, 0.1) is 12.0 Å². The normalized spacial score (nSPS) is 18.9. The SMILES string of the molecule is CCN(C(=O)CN1C(=O)NC(C)(c2ccco2)C1=O)c1cccc2ccccc12. The Balaban J connectivity index is 1.61. The second-order valence-corrected chi connectivity index (χ2v) is 7.06. The largest absolute Gasteiger partial charge is 0.466 e. The molecule has 29 heavy (non-hydrogen) atoms. The zero-order valence-corrected chi connectivity index (χ0v) is 16.2. The second kappa shape index (κ2) is 7.09. The maximum absolute atomic E-state index is 13.1. The molecule has 7 heteroatoms. The fraction of sp³-hybridized carbons (Fsp3) is 0.227. The zero-order chi connectivity index (χ0) is 20.6. The summed E-state index contributed by atoms with van der Waals surface area (Å²) < 4.78 is 5.32. The van der Waals surface area contributed by atoms with Crippen molar-refractivity contribution >= 4 is 34.3 Å². The smallest absolute Gasteiger partial charge is 0.325 e. The van der Waals surface area contributed by atoms with Crippen LogP contribution < -0.4 is 10.2 Å². The average molecular weight is 391 g/mol. The van der Waals surface area contributed by atoms with Gasteiger partial charge in [0.1, 0.15) is 12.3 Å². The first kappa shape index (κ1) is 18.7. The Kier molecular flexibility index (Phi) is 4.58. The summed E-state index contributed by atoms with van der Waals surface area (Å²) in [7, 11) is 0. The predicted octanol–water partition coefficient (Wildman–Crippen LogP) is 3.25. The summed E-state index contributed by atoms with van der Waals surface area (Å²) in [6.45, 7) is 3.49. The third kappa shape index (κ3) is 3.04. The van der Waals surface area contributed by atoms with E-state index in [2.05, 4.69) is 5.32 Å². The fourth-order valence-electron chi connectivity index (χ4n) is 3.72. The van der Waals surface area contributed by atoms with Crippen molar-refractivity contribution in [2.45, 2.75) is 19.4 Å². The van der Waals surface area contributed by atoms with Crippen LogP contribution in [0, 0.1) is 0 Å². The van der Waals surface area contributed by atoms with Crippen molar-refractivity contribution in [2.24, 2.45) is 0 Å². The Morgan fingerprint density at radius 1 is 1.10 bits per heavy atom. The summed E-state index contributed by atoms with van der Waals surface area (Å²) in [6, 6.07) is 16.2. The number of amides is 4. The van der Waals surface area contributed by atoms with Crippen LogP contribution >= 0.6 is 0 Å². The molecular weight excluding hydrogens is 370 g/mol. The molecule has 2 aromatic carbocycles. The molecule has 7 nitrogen and oxygen atoms in total. The molecule has 0 saturated carbocycles. The summed E-state index contributed by atoms with van der Waals surface area (Å²) in [5, 5.41) is 4.58. The van der Waals surface area contributed by atoms with Crippen molar-refractivity contribution < 1.29 is 18.8 Å². The lowest BCUT2D eigenvalue weighted by molar-refractivity contribution is -0.134. The van der Waals surface area contributed by atoms with Crippen molar-refractivity contribution in [2.75, 3.05) is 18.0 Å². The van der Waals surface area contributed by atoms with Crippen LogP contribution in [0.2, 0.25) is 0 Å². The van der Waals surface area contributed by atoms with E-state index in [-0.39, 0.29) is 12.5 Å². The van der Waals surface area contributed by atoms with Crippen molar-refractivity contribution in [3.8, 4) is 0 Å². The number of benzene rings is 2. The topological polar surface area (TPSA) is 82.9 Å². The Bertz CT molecular complexity index is 1090. The van der Waals surface area contributed by atoms with E-state index in [4.69, 9.17) is 4.42 Å². The number of likely N-dealkylation sites (N-methyl/N-ethyl adjacent to an activating group) is 1. The number of imide groups is 1. The molecule has 0 bridgehead atoms. The Morgan fingerprint density at radius 3 is 2.59 bits per heavy atom.